The van der Waals surface area contributed by atoms with Crippen LogP contribution < -0.4 is 10.1 Å². The molecule has 0 amide bonds. The highest BCUT2D eigenvalue weighted by Gasteiger charge is 2.15. The SMILES string of the molecule is COc1ccc(C(CNc2nn3cc(C)nc3s2)N(C)C)cc1. The molecule has 122 valence electrons. The molecule has 1 atom stereocenters. The lowest BCUT2D eigenvalue weighted by molar-refractivity contribution is 0.311. The molecule has 1 aromatic carbocycles. The molecule has 0 bridgehead atoms. The van der Waals surface area contributed by atoms with Gasteiger partial charge in [0.2, 0.25) is 10.1 Å². The van der Waals surface area contributed by atoms with Gasteiger partial charge in [0.05, 0.1) is 25.0 Å². The smallest absolute Gasteiger partial charge is 0.214 e. The maximum atomic E-state index is 5.23. The van der Waals surface area contributed by atoms with Gasteiger partial charge in [-0.05, 0) is 38.7 Å². The first-order valence-electron chi connectivity index (χ1n) is 7.44. The molecular weight excluding hydrogens is 310 g/mol. The average molecular weight is 331 g/mol. The zero-order valence-corrected chi connectivity index (χ0v) is 14.6. The first-order chi connectivity index (χ1) is 11.1. The standard InChI is InChI=1S/C16H21N5OS/c1-11-10-21-16(18-11)23-15(19-21)17-9-14(20(2)3)12-5-7-13(22-4)8-6-12/h5-8,10,14H,9H2,1-4H3,(H,17,19). The summed E-state index contributed by atoms with van der Waals surface area (Å²) in [5.74, 6) is 0.871. The van der Waals surface area contributed by atoms with Gasteiger partial charge >= 0.3 is 0 Å². The maximum Gasteiger partial charge on any atom is 0.214 e. The number of fused-ring (bicyclic) bond motifs is 1. The van der Waals surface area contributed by atoms with E-state index in [9.17, 15) is 0 Å². The number of hydrogen-bond donors (Lipinski definition) is 1. The van der Waals surface area contributed by atoms with Crippen LogP contribution in [0.5, 0.6) is 5.75 Å². The maximum absolute atomic E-state index is 5.23. The van der Waals surface area contributed by atoms with Gasteiger partial charge in [-0.2, -0.15) is 0 Å². The molecule has 7 heteroatoms. The lowest BCUT2D eigenvalue weighted by atomic mass is 10.1. The molecule has 23 heavy (non-hydrogen) atoms. The van der Waals surface area contributed by atoms with E-state index in [-0.39, 0.29) is 6.04 Å². The number of ether oxygens (including phenoxy) is 1. The van der Waals surface area contributed by atoms with E-state index in [0.29, 0.717) is 0 Å². The van der Waals surface area contributed by atoms with Crippen molar-refractivity contribution in [1.29, 1.82) is 0 Å². The molecule has 2 aromatic heterocycles. The number of rotatable bonds is 6. The predicted octanol–water partition coefficient (Wildman–Crippen LogP) is 2.82. The summed E-state index contributed by atoms with van der Waals surface area (Å²) in [6.07, 6.45) is 1.93. The van der Waals surface area contributed by atoms with Gasteiger partial charge in [-0.25, -0.2) is 9.50 Å². The van der Waals surface area contributed by atoms with Crippen LogP contribution in [0, 0.1) is 6.92 Å². The minimum absolute atomic E-state index is 0.249. The molecule has 3 aromatic rings. The van der Waals surface area contributed by atoms with Gasteiger partial charge in [-0.1, -0.05) is 23.5 Å². The summed E-state index contributed by atoms with van der Waals surface area (Å²) in [7, 11) is 5.84. The van der Waals surface area contributed by atoms with Crippen LogP contribution in [0.1, 0.15) is 17.3 Å². The number of hydrogen-bond acceptors (Lipinski definition) is 6. The number of nitrogens with zero attached hydrogens (tertiary/aromatic N) is 4. The van der Waals surface area contributed by atoms with Gasteiger partial charge in [0, 0.05) is 6.54 Å². The molecule has 2 heterocycles. The zero-order valence-electron chi connectivity index (χ0n) is 13.8. The van der Waals surface area contributed by atoms with Crippen LogP contribution in [-0.4, -0.2) is 47.2 Å². The Morgan fingerprint density at radius 3 is 2.65 bits per heavy atom. The Bertz CT molecular complexity index is 746. The average Bonchev–Trinajstić information content (AvgIpc) is 3.04. The number of benzene rings is 1. The molecule has 1 N–H and O–H groups in total. The van der Waals surface area contributed by atoms with E-state index in [1.807, 2.05) is 29.8 Å². The van der Waals surface area contributed by atoms with E-state index in [2.05, 4.69) is 46.5 Å². The first-order valence-corrected chi connectivity index (χ1v) is 8.25. The van der Waals surface area contributed by atoms with E-state index in [1.165, 1.54) is 5.56 Å². The lowest BCUT2D eigenvalue weighted by Gasteiger charge is -2.25. The lowest BCUT2D eigenvalue weighted by Crippen LogP contribution is -2.26. The molecule has 0 spiro atoms. The summed E-state index contributed by atoms with van der Waals surface area (Å²) in [6, 6.07) is 8.43. The summed E-state index contributed by atoms with van der Waals surface area (Å²) in [4.78, 5) is 7.53. The van der Waals surface area contributed by atoms with Crippen LogP contribution >= 0.6 is 11.3 Å². The van der Waals surface area contributed by atoms with Crippen molar-refractivity contribution in [1.82, 2.24) is 19.5 Å². The first kappa shape index (κ1) is 15.8. The zero-order chi connectivity index (χ0) is 16.4. The second kappa shape index (κ2) is 6.55. The highest BCUT2D eigenvalue weighted by atomic mass is 32.1. The molecule has 0 radical (unpaired) electrons. The van der Waals surface area contributed by atoms with Crippen molar-refractivity contribution in [2.45, 2.75) is 13.0 Å². The molecule has 0 aliphatic heterocycles. The molecule has 0 fully saturated rings. The number of aromatic nitrogens is 3. The molecule has 0 aliphatic rings. The monoisotopic (exact) mass is 331 g/mol. The quantitative estimate of drug-likeness (QED) is 0.753. The van der Waals surface area contributed by atoms with Crippen molar-refractivity contribution in [2.24, 2.45) is 0 Å². The third-order valence-electron chi connectivity index (χ3n) is 3.73. The van der Waals surface area contributed by atoms with Crippen LogP contribution in [-0.2, 0) is 0 Å². The van der Waals surface area contributed by atoms with Gasteiger partial charge in [0.1, 0.15) is 5.75 Å². The van der Waals surface area contributed by atoms with Crippen LogP contribution in [0.3, 0.4) is 0 Å². The predicted molar refractivity (Wildman–Crippen MR) is 93.5 cm³/mol. The summed E-state index contributed by atoms with van der Waals surface area (Å²) in [5, 5.41) is 8.81. The Balaban J connectivity index is 1.72. The fraction of sp³-hybridized carbons (Fsp3) is 0.375. The van der Waals surface area contributed by atoms with Crippen molar-refractivity contribution < 1.29 is 4.74 Å². The topological polar surface area (TPSA) is 54.7 Å². The van der Waals surface area contributed by atoms with E-state index in [1.54, 1.807) is 18.4 Å². The second-order valence-electron chi connectivity index (χ2n) is 5.65. The fourth-order valence-electron chi connectivity index (χ4n) is 2.49. The second-order valence-corrected chi connectivity index (χ2v) is 6.61. The summed E-state index contributed by atoms with van der Waals surface area (Å²) in [5.41, 5.74) is 2.22. The van der Waals surface area contributed by atoms with Crippen LogP contribution in [0.15, 0.2) is 30.5 Å². The molecule has 3 rings (SSSR count). The van der Waals surface area contributed by atoms with Crippen LogP contribution in [0.4, 0.5) is 5.13 Å². The van der Waals surface area contributed by atoms with Crippen molar-refractivity contribution >= 4 is 21.4 Å². The summed E-state index contributed by atoms with van der Waals surface area (Å²) < 4.78 is 7.05. The molecule has 0 saturated carbocycles. The Kier molecular flexibility index (Phi) is 4.49. The van der Waals surface area contributed by atoms with E-state index < -0.39 is 0 Å². The van der Waals surface area contributed by atoms with E-state index >= 15 is 0 Å². The summed E-state index contributed by atoms with van der Waals surface area (Å²) >= 11 is 1.56. The van der Waals surface area contributed by atoms with Crippen LogP contribution in [0.25, 0.3) is 4.96 Å². The summed E-state index contributed by atoms with van der Waals surface area (Å²) in [6.45, 7) is 2.75. The third-order valence-corrected chi connectivity index (χ3v) is 4.61. The Morgan fingerprint density at radius 2 is 2.04 bits per heavy atom. The Labute approximate surface area is 139 Å². The van der Waals surface area contributed by atoms with Gasteiger partial charge in [-0.3, -0.25) is 0 Å². The highest BCUT2D eigenvalue weighted by molar-refractivity contribution is 7.20. The highest BCUT2D eigenvalue weighted by Crippen LogP contribution is 2.24. The number of nitrogens with one attached hydrogen (secondary N) is 1. The van der Waals surface area contributed by atoms with Gasteiger partial charge in [0.25, 0.3) is 0 Å². The fourth-order valence-corrected chi connectivity index (χ4v) is 3.32. The molecular formula is C16H21N5OS. The van der Waals surface area contributed by atoms with Crippen molar-refractivity contribution in [3.63, 3.8) is 0 Å². The van der Waals surface area contributed by atoms with Crippen molar-refractivity contribution in [3.05, 3.63) is 41.7 Å². The molecule has 0 aliphatic carbocycles. The molecule has 6 nitrogen and oxygen atoms in total. The Morgan fingerprint density at radius 1 is 1.30 bits per heavy atom. The number of aryl methyl sites for hydroxylation is 1. The normalized spacial score (nSPS) is 12.7. The van der Waals surface area contributed by atoms with Gasteiger partial charge in [0.15, 0.2) is 0 Å². The Hall–Kier alpha value is -2.12. The third kappa shape index (κ3) is 3.46. The largest absolute Gasteiger partial charge is 0.497 e. The number of methoxy groups -OCH3 is 1. The minimum Gasteiger partial charge on any atom is -0.497 e. The molecule has 0 saturated heterocycles. The molecule has 1 unspecified atom stereocenters. The van der Waals surface area contributed by atoms with E-state index in [0.717, 1.165) is 28.1 Å². The number of likely N-dealkylation sites (N-methyl/N-ethyl adjacent to an activating group) is 1. The van der Waals surface area contributed by atoms with Crippen LogP contribution in [0.2, 0.25) is 0 Å². The van der Waals surface area contributed by atoms with Gasteiger partial charge in [-0.15, -0.1) is 5.10 Å². The van der Waals surface area contributed by atoms with Gasteiger partial charge < -0.3 is 15.0 Å². The van der Waals surface area contributed by atoms with Crippen molar-refractivity contribution in [2.75, 3.05) is 33.1 Å². The van der Waals surface area contributed by atoms with Crippen molar-refractivity contribution in [3.8, 4) is 5.75 Å². The number of anilines is 1. The number of imidazole rings is 1. The van der Waals surface area contributed by atoms with E-state index in [4.69, 9.17) is 4.74 Å². The minimum atomic E-state index is 0.249.